The van der Waals surface area contributed by atoms with Crippen LogP contribution in [-0.4, -0.2) is 21.3 Å². The van der Waals surface area contributed by atoms with Gasteiger partial charge in [0.1, 0.15) is 16.9 Å². The maximum atomic E-state index is 11.4. The minimum absolute atomic E-state index is 0.0207. The molecule has 0 atom stereocenters. The Bertz CT molecular complexity index is 1280. The lowest BCUT2D eigenvalue weighted by molar-refractivity contribution is 0.0694. The Morgan fingerprint density at radius 1 is 0.821 bits per heavy atom. The van der Waals surface area contributed by atoms with Crippen molar-refractivity contribution in [1.82, 2.24) is 0 Å². The van der Waals surface area contributed by atoms with Gasteiger partial charge in [0.2, 0.25) is 0 Å². The molecule has 5 N–H and O–H groups in total. The van der Waals surface area contributed by atoms with Crippen LogP contribution in [-0.2, 0) is 0 Å². The number of nitrogens with two attached hydrogens (primary N) is 1. The summed E-state index contributed by atoms with van der Waals surface area (Å²) in [6.07, 6.45) is 0. The molecule has 0 aliphatic heterocycles. The molecule has 138 valence electrons. The van der Waals surface area contributed by atoms with Crippen molar-refractivity contribution in [3.63, 3.8) is 0 Å². The number of fused-ring (bicyclic) bond motifs is 2. The van der Waals surface area contributed by atoms with Gasteiger partial charge >= 0.3 is 5.97 Å². The second-order valence-electron chi connectivity index (χ2n) is 6.26. The van der Waals surface area contributed by atoms with E-state index >= 15 is 0 Å². The van der Waals surface area contributed by atoms with E-state index in [4.69, 9.17) is 5.73 Å². The molecule has 0 aliphatic rings. The fourth-order valence-corrected chi connectivity index (χ4v) is 3.09. The summed E-state index contributed by atoms with van der Waals surface area (Å²) in [4.78, 5) is 11.4. The molecule has 0 heterocycles. The van der Waals surface area contributed by atoms with Crippen LogP contribution in [0.25, 0.3) is 21.5 Å². The molecular formula is C21H15N3O4. The van der Waals surface area contributed by atoms with E-state index in [1.54, 1.807) is 54.6 Å². The first kappa shape index (κ1) is 17.3. The lowest BCUT2D eigenvalue weighted by Crippen LogP contribution is -1.97. The van der Waals surface area contributed by atoms with Crippen LogP contribution in [0.5, 0.6) is 11.5 Å². The number of aromatic carboxylic acids is 1. The smallest absolute Gasteiger partial charge is 0.339 e. The first-order chi connectivity index (χ1) is 13.5. The Morgan fingerprint density at radius 2 is 1.57 bits per heavy atom. The summed E-state index contributed by atoms with van der Waals surface area (Å²) in [5.74, 6) is -1.84. The largest absolute Gasteiger partial charge is 0.505 e. The fourth-order valence-electron chi connectivity index (χ4n) is 3.09. The van der Waals surface area contributed by atoms with Gasteiger partial charge < -0.3 is 21.1 Å². The van der Waals surface area contributed by atoms with Crippen molar-refractivity contribution in [2.45, 2.75) is 0 Å². The van der Waals surface area contributed by atoms with E-state index in [1.165, 1.54) is 6.07 Å². The molecule has 0 radical (unpaired) electrons. The van der Waals surface area contributed by atoms with Gasteiger partial charge in [-0.1, -0.05) is 30.3 Å². The van der Waals surface area contributed by atoms with Gasteiger partial charge in [-0.15, -0.1) is 10.2 Å². The molecule has 0 spiro atoms. The van der Waals surface area contributed by atoms with E-state index < -0.39 is 11.7 Å². The zero-order valence-electron chi connectivity index (χ0n) is 14.5. The first-order valence-corrected chi connectivity index (χ1v) is 8.36. The number of phenols is 2. The van der Waals surface area contributed by atoms with Crippen LogP contribution in [0.4, 0.5) is 17.1 Å². The van der Waals surface area contributed by atoms with Crippen LogP contribution in [0.2, 0.25) is 0 Å². The highest BCUT2D eigenvalue weighted by Gasteiger charge is 2.17. The summed E-state index contributed by atoms with van der Waals surface area (Å²) in [7, 11) is 0. The molecule has 0 saturated heterocycles. The van der Waals surface area contributed by atoms with E-state index in [-0.39, 0.29) is 22.7 Å². The normalized spacial score (nSPS) is 11.4. The minimum Gasteiger partial charge on any atom is -0.505 e. The molecule has 7 nitrogen and oxygen atoms in total. The molecule has 0 aliphatic carbocycles. The van der Waals surface area contributed by atoms with E-state index in [0.717, 1.165) is 5.39 Å². The van der Waals surface area contributed by atoms with Crippen LogP contribution in [0.1, 0.15) is 10.4 Å². The van der Waals surface area contributed by atoms with Crippen molar-refractivity contribution in [3.05, 3.63) is 66.2 Å². The SMILES string of the molecule is Nc1ccc2c(O)c(N=Nc3c(O)c(C(=O)O)cc4ccccc34)ccc2c1. The number of benzene rings is 4. The maximum Gasteiger partial charge on any atom is 0.339 e. The van der Waals surface area contributed by atoms with Gasteiger partial charge in [-0.3, -0.25) is 0 Å². The number of hydrogen-bond donors (Lipinski definition) is 4. The topological polar surface area (TPSA) is 128 Å². The predicted molar refractivity (Wildman–Crippen MR) is 107 cm³/mol. The van der Waals surface area contributed by atoms with E-state index in [9.17, 15) is 20.1 Å². The summed E-state index contributed by atoms with van der Waals surface area (Å²) < 4.78 is 0. The molecule has 0 bridgehead atoms. The number of rotatable bonds is 3. The molecule has 0 fully saturated rings. The summed E-state index contributed by atoms with van der Waals surface area (Å²) in [6, 6.07) is 16.7. The summed E-state index contributed by atoms with van der Waals surface area (Å²) in [5, 5.41) is 40.8. The molecule has 0 unspecified atom stereocenters. The van der Waals surface area contributed by atoms with Crippen molar-refractivity contribution in [3.8, 4) is 11.5 Å². The van der Waals surface area contributed by atoms with Gasteiger partial charge in [-0.2, -0.15) is 0 Å². The second-order valence-corrected chi connectivity index (χ2v) is 6.26. The molecule has 0 saturated carbocycles. The number of carboxylic acid groups (broad SMARTS) is 1. The van der Waals surface area contributed by atoms with Crippen molar-refractivity contribution in [2.75, 3.05) is 5.73 Å². The van der Waals surface area contributed by atoms with E-state index in [0.29, 0.717) is 21.8 Å². The average molecular weight is 373 g/mol. The monoisotopic (exact) mass is 373 g/mol. The van der Waals surface area contributed by atoms with Crippen molar-refractivity contribution >= 4 is 44.6 Å². The Balaban J connectivity index is 1.88. The van der Waals surface area contributed by atoms with Crippen LogP contribution in [0.15, 0.2) is 70.9 Å². The number of hydrogen-bond acceptors (Lipinski definition) is 6. The Hall–Kier alpha value is -4.13. The quantitative estimate of drug-likeness (QED) is 0.293. The maximum absolute atomic E-state index is 11.4. The molecule has 4 aromatic rings. The Labute approximate surface area is 159 Å². The predicted octanol–water partition coefficient (Wildman–Crippen LogP) is 5.10. The van der Waals surface area contributed by atoms with Crippen molar-refractivity contribution in [2.24, 2.45) is 10.2 Å². The Morgan fingerprint density at radius 3 is 2.36 bits per heavy atom. The van der Waals surface area contributed by atoms with Crippen LogP contribution in [0.3, 0.4) is 0 Å². The number of carboxylic acids is 1. The van der Waals surface area contributed by atoms with Crippen molar-refractivity contribution < 1.29 is 20.1 Å². The third kappa shape index (κ3) is 2.84. The van der Waals surface area contributed by atoms with Gasteiger partial charge in [0, 0.05) is 16.5 Å². The minimum atomic E-state index is -1.27. The summed E-state index contributed by atoms with van der Waals surface area (Å²) in [6.45, 7) is 0. The molecular weight excluding hydrogens is 358 g/mol. The van der Waals surface area contributed by atoms with Crippen LogP contribution >= 0.6 is 0 Å². The van der Waals surface area contributed by atoms with Crippen molar-refractivity contribution in [1.29, 1.82) is 0 Å². The number of azo groups is 1. The average Bonchev–Trinajstić information content (AvgIpc) is 2.68. The molecule has 0 aromatic heterocycles. The molecule has 0 amide bonds. The standard InChI is InChI=1S/C21H15N3O4/c22-13-6-7-15-12(9-13)5-8-17(19(15)25)23-24-18-14-4-2-1-3-11(14)10-16(20(18)26)21(27)28/h1-10,25-26H,22H2,(H,27,28). The second kappa shape index (κ2) is 6.55. The highest BCUT2D eigenvalue weighted by Crippen LogP contribution is 2.41. The number of anilines is 1. The van der Waals surface area contributed by atoms with Crippen LogP contribution in [0, 0.1) is 0 Å². The third-order valence-corrected chi connectivity index (χ3v) is 4.48. The van der Waals surface area contributed by atoms with E-state index in [1.807, 2.05) is 0 Å². The zero-order chi connectivity index (χ0) is 19.8. The highest BCUT2D eigenvalue weighted by molar-refractivity contribution is 6.04. The summed E-state index contributed by atoms with van der Waals surface area (Å²) >= 11 is 0. The lowest BCUT2D eigenvalue weighted by atomic mass is 10.0. The molecule has 4 rings (SSSR count). The molecule has 28 heavy (non-hydrogen) atoms. The summed E-state index contributed by atoms with van der Waals surface area (Å²) in [5.41, 5.74) is 6.26. The van der Waals surface area contributed by atoms with Crippen LogP contribution < -0.4 is 5.73 Å². The fraction of sp³-hybridized carbons (Fsp3) is 0. The third-order valence-electron chi connectivity index (χ3n) is 4.48. The number of nitrogens with zero attached hydrogens (tertiary/aromatic N) is 2. The number of nitrogen functional groups attached to an aromatic ring is 1. The van der Waals surface area contributed by atoms with Gasteiger partial charge in [0.15, 0.2) is 11.5 Å². The number of phenolic OH excluding ortho intramolecular Hbond substituents is 1. The molecule has 7 heteroatoms. The van der Waals surface area contributed by atoms with E-state index in [2.05, 4.69) is 10.2 Å². The Kier molecular flexibility index (Phi) is 4.04. The highest BCUT2D eigenvalue weighted by atomic mass is 16.4. The van der Waals surface area contributed by atoms with Gasteiger partial charge in [-0.25, -0.2) is 4.79 Å². The van der Waals surface area contributed by atoms with Gasteiger partial charge in [0.25, 0.3) is 0 Å². The molecule has 4 aromatic carbocycles. The lowest BCUT2D eigenvalue weighted by Gasteiger charge is -2.08. The first-order valence-electron chi connectivity index (χ1n) is 8.36. The zero-order valence-corrected chi connectivity index (χ0v) is 14.5. The van der Waals surface area contributed by atoms with Gasteiger partial charge in [-0.05, 0) is 41.1 Å². The number of aromatic hydroxyl groups is 2. The van der Waals surface area contributed by atoms with Gasteiger partial charge in [0.05, 0.1) is 0 Å². The number of carbonyl (C=O) groups is 1.